The molecule has 220 valence electrons. The highest BCUT2D eigenvalue weighted by Gasteiger charge is 2.24. The predicted molar refractivity (Wildman–Crippen MR) is 145 cm³/mol. The van der Waals surface area contributed by atoms with Crippen LogP contribution in [0.3, 0.4) is 0 Å². The number of hydrogen-bond acceptors (Lipinski definition) is 11. The molecule has 0 amide bonds. The van der Waals surface area contributed by atoms with Gasteiger partial charge in [-0.2, -0.15) is 0 Å². The third-order valence-electron chi connectivity index (χ3n) is 5.53. The van der Waals surface area contributed by atoms with Crippen molar-refractivity contribution in [3.63, 3.8) is 0 Å². The zero-order valence-corrected chi connectivity index (χ0v) is 24.8. The summed E-state index contributed by atoms with van der Waals surface area (Å²) in [7, 11) is 0. The Morgan fingerprint density at radius 1 is 0.632 bits per heavy atom. The summed E-state index contributed by atoms with van der Waals surface area (Å²) in [4.78, 5) is 56.9. The molecule has 0 aromatic carbocycles. The molecule has 1 aliphatic rings. The van der Waals surface area contributed by atoms with Gasteiger partial charge in [0.15, 0.2) is 0 Å². The Morgan fingerprint density at radius 2 is 0.947 bits per heavy atom. The van der Waals surface area contributed by atoms with Gasteiger partial charge in [0.1, 0.15) is 17.5 Å². The molecule has 0 aromatic heterocycles. The second-order valence-electron chi connectivity index (χ2n) is 12.0. The van der Waals surface area contributed by atoms with Crippen LogP contribution in [0, 0.1) is 0 Å². The van der Waals surface area contributed by atoms with Crippen molar-refractivity contribution in [3.8, 4) is 0 Å². The quantitative estimate of drug-likeness (QED) is 0.237. The molecule has 0 atom stereocenters. The van der Waals surface area contributed by atoms with E-state index in [4.69, 9.17) is 14.2 Å². The average molecular weight is 543 g/mol. The topological polar surface area (TPSA) is 109 Å². The molecule has 0 aromatic rings. The summed E-state index contributed by atoms with van der Waals surface area (Å²) in [6.07, 6.45) is 0.649. The smallest absolute Gasteiger partial charge is 0.320 e. The summed E-state index contributed by atoms with van der Waals surface area (Å²) in [5, 5.41) is 0. The molecule has 11 nitrogen and oxygen atoms in total. The Morgan fingerprint density at radius 3 is 1.24 bits per heavy atom. The van der Waals surface area contributed by atoms with E-state index in [1.807, 2.05) is 75.0 Å². The van der Waals surface area contributed by atoms with Gasteiger partial charge in [0, 0.05) is 52.4 Å². The number of carbonyl (C=O) groups is 4. The Kier molecular flexibility index (Phi) is 14.4. The van der Waals surface area contributed by atoms with Crippen molar-refractivity contribution in [2.24, 2.45) is 0 Å². The monoisotopic (exact) mass is 542 g/mol. The number of rotatable bonds is 9. The lowest BCUT2D eigenvalue weighted by molar-refractivity contribution is -0.157. The second-order valence-corrected chi connectivity index (χ2v) is 12.0. The van der Waals surface area contributed by atoms with E-state index in [0.29, 0.717) is 52.4 Å². The number of ether oxygens (including phenoxy) is 3. The Labute approximate surface area is 228 Å². The van der Waals surface area contributed by atoms with Gasteiger partial charge in [0.25, 0.3) is 0 Å². The summed E-state index contributed by atoms with van der Waals surface area (Å²) in [6, 6.07) is 0. The maximum Gasteiger partial charge on any atom is 0.320 e. The minimum Gasteiger partial charge on any atom is -0.462 e. The highest BCUT2D eigenvalue weighted by atomic mass is 16.6. The molecule has 0 spiro atoms. The van der Waals surface area contributed by atoms with Crippen molar-refractivity contribution in [1.82, 2.24) is 19.6 Å². The molecule has 1 saturated heterocycles. The van der Waals surface area contributed by atoms with E-state index >= 15 is 0 Å². The van der Waals surface area contributed by atoms with Crippen LogP contribution in [0.5, 0.6) is 0 Å². The van der Waals surface area contributed by atoms with Crippen LogP contribution in [-0.2, 0) is 33.4 Å². The van der Waals surface area contributed by atoms with Crippen LogP contribution in [0.15, 0.2) is 0 Å². The van der Waals surface area contributed by atoms with Crippen LogP contribution in [0.4, 0.5) is 0 Å². The van der Waals surface area contributed by atoms with E-state index in [1.165, 1.54) is 0 Å². The fourth-order valence-electron chi connectivity index (χ4n) is 3.94. The molecule has 0 saturated carbocycles. The van der Waals surface area contributed by atoms with E-state index in [2.05, 4.69) is 0 Å². The van der Waals surface area contributed by atoms with Crippen LogP contribution in [0.25, 0.3) is 0 Å². The zero-order chi connectivity index (χ0) is 28.9. The molecule has 1 rings (SSSR count). The molecule has 1 aliphatic heterocycles. The largest absolute Gasteiger partial charge is 0.462 e. The summed E-state index contributed by atoms with van der Waals surface area (Å²) < 4.78 is 16.4. The van der Waals surface area contributed by atoms with Gasteiger partial charge in [-0.15, -0.1) is 0 Å². The van der Waals surface area contributed by atoms with E-state index in [9.17, 15) is 19.2 Å². The van der Waals surface area contributed by atoms with Gasteiger partial charge in [-0.25, -0.2) is 0 Å². The number of carbonyl (C=O) groups excluding carboxylic acids is 4. The Bertz CT molecular complexity index is 716. The number of hydrogen-bond donors (Lipinski definition) is 0. The summed E-state index contributed by atoms with van der Waals surface area (Å²) in [5.41, 5.74) is -1.17. The van der Waals surface area contributed by atoms with E-state index in [1.54, 1.807) is 0 Å². The number of nitrogens with zero attached hydrogens (tertiary/aromatic N) is 4. The minimum absolute atomic E-state index is 0.107. The van der Waals surface area contributed by atoms with Gasteiger partial charge in [-0.3, -0.25) is 34.0 Å². The first-order valence-electron chi connectivity index (χ1n) is 13.5. The van der Waals surface area contributed by atoms with Gasteiger partial charge in [0.2, 0.25) is 0 Å². The lowest BCUT2D eigenvalue weighted by atomic mass is 10.2. The highest BCUT2D eigenvalue weighted by Crippen LogP contribution is 2.10. The first kappa shape index (κ1) is 33.9. The molecule has 0 N–H and O–H groups in total. The molecule has 38 heavy (non-hydrogen) atoms. The summed E-state index contributed by atoms with van der Waals surface area (Å²) >= 11 is 0. The standard InChI is InChI=1S/C27H50N4O7/c1-22(2)36-23(33)19-29-13-15-30(20-24(34)37-26(3,4)5)11-9-28(17-18-32)10-12-31(16-14-29)21-25(35)38-27(6,7)8/h18,22H,9-17,19-21H2,1-8H3. The maximum atomic E-state index is 12.6. The third kappa shape index (κ3) is 16.7. The van der Waals surface area contributed by atoms with Crippen molar-refractivity contribution in [3.05, 3.63) is 0 Å². The van der Waals surface area contributed by atoms with Gasteiger partial charge in [0.05, 0.1) is 32.3 Å². The summed E-state index contributed by atoms with van der Waals surface area (Å²) in [6.45, 7) is 19.5. The van der Waals surface area contributed by atoms with Crippen LogP contribution < -0.4 is 0 Å². The van der Waals surface area contributed by atoms with Crippen molar-refractivity contribution in [1.29, 1.82) is 0 Å². The minimum atomic E-state index is -0.586. The molecule has 0 radical (unpaired) electrons. The lowest BCUT2D eigenvalue weighted by Crippen LogP contribution is -2.49. The molecule has 1 fully saturated rings. The number of aldehydes is 1. The fraction of sp³-hybridized carbons (Fsp3) is 0.852. The van der Waals surface area contributed by atoms with Crippen molar-refractivity contribution >= 4 is 24.2 Å². The molecule has 1 heterocycles. The van der Waals surface area contributed by atoms with E-state index in [-0.39, 0.29) is 50.2 Å². The molecular weight excluding hydrogens is 492 g/mol. The second kappa shape index (κ2) is 16.1. The average Bonchev–Trinajstić information content (AvgIpc) is 2.72. The van der Waals surface area contributed by atoms with Crippen LogP contribution in [-0.4, -0.2) is 140 Å². The SMILES string of the molecule is CC(C)OC(=O)CN1CCN(CC(=O)OC(C)(C)C)CCN(CC=O)CCN(CC(=O)OC(C)(C)C)CC1. The predicted octanol–water partition coefficient (Wildman–Crippen LogP) is 1.04. The molecule has 0 aliphatic carbocycles. The first-order valence-corrected chi connectivity index (χ1v) is 13.5. The Balaban J connectivity index is 3.05. The molecule has 0 bridgehead atoms. The molecular formula is C27H50N4O7. The lowest BCUT2D eigenvalue weighted by Gasteiger charge is -2.33. The van der Waals surface area contributed by atoms with Crippen LogP contribution in [0.2, 0.25) is 0 Å². The third-order valence-corrected chi connectivity index (χ3v) is 5.53. The van der Waals surface area contributed by atoms with Crippen molar-refractivity contribution < 1.29 is 33.4 Å². The van der Waals surface area contributed by atoms with Crippen LogP contribution in [0.1, 0.15) is 55.4 Å². The maximum absolute atomic E-state index is 12.6. The number of esters is 3. The molecule has 0 unspecified atom stereocenters. The van der Waals surface area contributed by atoms with Crippen LogP contribution >= 0.6 is 0 Å². The highest BCUT2D eigenvalue weighted by molar-refractivity contribution is 5.73. The van der Waals surface area contributed by atoms with Crippen molar-refractivity contribution in [2.75, 3.05) is 78.5 Å². The molecule has 11 heteroatoms. The van der Waals surface area contributed by atoms with Gasteiger partial charge < -0.3 is 19.0 Å². The van der Waals surface area contributed by atoms with E-state index < -0.39 is 11.2 Å². The van der Waals surface area contributed by atoms with E-state index in [0.717, 1.165) is 6.29 Å². The fourth-order valence-corrected chi connectivity index (χ4v) is 3.94. The summed E-state index contributed by atoms with van der Waals surface area (Å²) in [5.74, 6) is -0.955. The normalized spacial score (nSPS) is 18.3. The Hall–Kier alpha value is -2.08. The van der Waals surface area contributed by atoms with Crippen molar-refractivity contribution in [2.45, 2.75) is 72.7 Å². The van der Waals surface area contributed by atoms with Gasteiger partial charge in [-0.05, 0) is 55.4 Å². The first-order chi connectivity index (χ1) is 17.6. The zero-order valence-electron chi connectivity index (χ0n) is 24.8. The van der Waals surface area contributed by atoms with Gasteiger partial charge in [-0.1, -0.05) is 0 Å². The van der Waals surface area contributed by atoms with Gasteiger partial charge >= 0.3 is 17.9 Å².